The highest BCUT2D eigenvalue weighted by atomic mass is 35.5. The number of ether oxygens (including phenoxy) is 1. The number of amides is 1. The lowest BCUT2D eigenvalue weighted by atomic mass is 9.95. The van der Waals surface area contributed by atoms with Crippen LogP contribution in [0.25, 0.3) is 10.9 Å². The molecule has 0 spiro atoms. The van der Waals surface area contributed by atoms with E-state index >= 15 is 0 Å². The average molecular weight is 410 g/mol. The van der Waals surface area contributed by atoms with E-state index in [9.17, 15) is 9.59 Å². The van der Waals surface area contributed by atoms with E-state index < -0.39 is 0 Å². The fourth-order valence-electron chi connectivity index (χ4n) is 3.39. The third kappa shape index (κ3) is 5.03. The Morgan fingerprint density at radius 1 is 1.37 bits per heavy atom. The number of hydrogen-bond acceptors (Lipinski definition) is 5. The highest BCUT2D eigenvalue weighted by Gasteiger charge is 2.22. The minimum Gasteiger partial charge on any atom is -0.383 e. The normalized spacial score (nSPS) is 15.2. The van der Waals surface area contributed by atoms with Gasteiger partial charge >= 0.3 is 0 Å². The molecule has 0 aliphatic heterocycles. The first kappa shape index (κ1) is 20.2. The number of nitrogens with zero attached hydrogens (tertiary/aromatic N) is 2. The largest absolute Gasteiger partial charge is 0.383 e. The van der Waals surface area contributed by atoms with E-state index in [1.54, 1.807) is 29.9 Å². The van der Waals surface area contributed by atoms with Crippen molar-refractivity contribution in [2.75, 3.05) is 26.0 Å². The zero-order valence-corrected chi connectivity index (χ0v) is 16.9. The average Bonchev–Trinajstić information content (AvgIpc) is 2.67. The van der Waals surface area contributed by atoms with Crippen molar-refractivity contribution in [3.8, 4) is 0 Å². The molecule has 1 aliphatic rings. The maximum Gasteiger partial charge on any atom is 0.262 e. The summed E-state index contributed by atoms with van der Waals surface area (Å²) in [6.07, 6.45) is 5.35. The second-order valence-electron chi connectivity index (χ2n) is 6.65. The highest BCUT2D eigenvalue weighted by molar-refractivity contribution is 7.99. The van der Waals surface area contributed by atoms with E-state index in [0.29, 0.717) is 34.2 Å². The summed E-state index contributed by atoms with van der Waals surface area (Å²) in [4.78, 5) is 29.9. The molecule has 6 nitrogen and oxygen atoms in total. The van der Waals surface area contributed by atoms with Crippen LogP contribution in [0.5, 0.6) is 0 Å². The van der Waals surface area contributed by atoms with E-state index in [0.717, 1.165) is 25.7 Å². The van der Waals surface area contributed by atoms with Crippen molar-refractivity contribution in [2.45, 2.75) is 43.3 Å². The molecule has 1 N–H and O–H groups in total. The zero-order valence-electron chi connectivity index (χ0n) is 15.4. The van der Waals surface area contributed by atoms with Crippen molar-refractivity contribution in [2.24, 2.45) is 0 Å². The summed E-state index contributed by atoms with van der Waals surface area (Å²) >= 11 is 7.38. The number of carbonyl (C=O) groups excluding carboxylic acids is 1. The molecule has 1 heterocycles. The van der Waals surface area contributed by atoms with Gasteiger partial charge in [-0.05, 0) is 31.0 Å². The van der Waals surface area contributed by atoms with Gasteiger partial charge in [0.05, 0.1) is 23.3 Å². The van der Waals surface area contributed by atoms with Crippen LogP contribution in [0.15, 0.2) is 28.2 Å². The van der Waals surface area contributed by atoms with Crippen LogP contribution >= 0.6 is 23.4 Å². The quantitative estimate of drug-likeness (QED) is 0.431. The maximum atomic E-state index is 13.2. The first-order chi connectivity index (χ1) is 13.1. The van der Waals surface area contributed by atoms with E-state index in [1.165, 1.54) is 18.2 Å². The van der Waals surface area contributed by atoms with Gasteiger partial charge in [0.2, 0.25) is 5.91 Å². The van der Waals surface area contributed by atoms with Gasteiger partial charge in [0, 0.05) is 24.7 Å². The van der Waals surface area contributed by atoms with E-state index in [-0.39, 0.29) is 23.3 Å². The molecular formula is C19H24ClN3O3S. The molecule has 27 heavy (non-hydrogen) atoms. The molecule has 0 radical (unpaired) electrons. The Morgan fingerprint density at radius 3 is 2.89 bits per heavy atom. The molecule has 0 bridgehead atoms. The molecular weight excluding hydrogens is 386 g/mol. The second-order valence-corrected chi connectivity index (χ2v) is 8.03. The molecule has 0 saturated heterocycles. The summed E-state index contributed by atoms with van der Waals surface area (Å²) < 4.78 is 6.73. The van der Waals surface area contributed by atoms with Gasteiger partial charge in [-0.3, -0.25) is 14.2 Å². The van der Waals surface area contributed by atoms with Crippen LogP contribution in [0.4, 0.5) is 0 Å². The summed E-state index contributed by atoms with van der Waals surface area (Å²) in [5.41, 5.74) is 0.521. The zero-order chi connectivity index (χ0) is 19.2. The van der Waals surface area contributed by atoms with Crippen LogP contribution in [0.1, 0.15) is 38.1 Å². The maximum absolute atomic E-state index is 13.2. The van der Waals surface area contributed by atoms with Crippen molar-refractivity contribution in [1.82, 2.24) is 14.9 Å². The van der Waals surface area contributed by atoms with Gasteiger partial charge in [0.25, 0.3) is 5.56 Å². The van der Waals surface area contributed by atoms with Gasteiger partial charge < -0.3 is 10.1 Å². The van der Waals surface area contributed by atoms with Gasteiger partial charge in [-0.1, -0.05) is 42.6 Å². The fraction of sp³-hybridized carbons (Fsp3) is 0.526. The van der Waals surface area contributed by atoms with Crippen molar-refractivity contribution in [1.29, 1.82) is 0 Å². The number of fused-ring (bicyclic) bond motifs is 1. The van der Waals surface area contributed by atoms with Gasteiger partial charge in [-0.25, -0.2) is 4.98 Å². The minimum absolute atomic E-state index is 0.0501. The summed E-state index contributed by atoms with van der Waals surface area (Å²) in [5.74, 6) is 0.0993. The molecule has 146 valence electrons. The Hall–Kier alpha value is -1.57. The number of thioether (sulfide) groups is 1. The summed E-state index contributed by atoms with van der Waals surface area (Å²) in [5, 5.41) is 4.49. The molecule has 1 fully saturated rings. The van der Waals surface area contributed by atoms with Crippen molar-refractivity contribution < 1.29 is 9.53 Å². The molecule has 0 unspecified atom stereocenters. The Morgan fingerprint density at radius 2 is 2.15 bits per heavy atom. The standard InChI is InChI=1S/C19H24ClN3O3S/c1-26-10-9-21-17(24)12-27-19-22-16-11-13(20)7-8-15(16)18(25)23(19)14-5-3-2-4-6-14/h7-8,11,14H,2-6,9-10,12H2,1H3,(H,21,24). The first-order valence-corrected chi connectivity index (χ1v) is 10.6. The predicted molar refractivity (Wildman–Crippen MR) is 109 cm³/mol. The van der Waals surface area contributed by atoms with E-state index in [1.807, 2.05) is 0 Å². The van der Waals surface area contributed by atoms with Gasteiger partial charge in [0.15, 0.2) is 5.16 Å². The second kappa shape index (κ2) is 9.57. The van der Waals surface area contributed by atoms with Crippen LogP contribution in [0, 0.1) is 0 Å². The van der Waals surface area contributed by atoms with Crippen molar-refractivity contribution in [3.05, 3.63) is 33.6 Å². The van der Waals surface area contributed by atoms with Crippen LogP contribution in [0.3, 0.4) is 0 Å². The number of benzene rings is 1. The Balaban J connectivity index is 1.90. The molecule has 2 aromatic rings. The van der Waals surface area contributed by atoms with E-state index in [4.69, 9.17) is 16.3 Å². The number of hydrogen-bond donors (Lipinski definition) is 1. The molecule has 1 aromatic carbocycles. The Labute approximate surface area is 167 Å². The summed E-state index contributed by atoms with van der Waals surface area (Å²) in [6, 6.07) is 5.29. The third-order valence-electron chi connectivity index (χ3n) is 4.73. The molecule has 8 heteroatoms. The minimum atomic E-state index is -0.104. The summed E-state index contributed by atoms with van der Waals surface area (Å²) in [6.45, 7) is 0.933. The number of halogens is 1. The van der Waals surface area contributed by atoms with Crippen LogP contribution in [-0.4, -0.2) is 41.5 Å². The Bertz CT molecular complexity index is 865. The molecule has 1 aromatic heterocycles. The topological polar surface area (TPSA) is 73.2 Å². The van der Waals surface area contributed by atoms with Crippen LogP contribution in [0.2, 0.25) is 5.02 Å². The predicted octanol–water partition coefficient (Wildman–Crippen LogP) is 3.41. The highest BCUT2D eigenvalue weighted by Crippen LogP contribution is 2.31. The molecule has 3 rings (SSSR count). The molecule has 1 aliphatic carbocycles. The monoisotopic (exact) mass is 409 g/mol. The lowest BCUT2D eigenvalue weighted by molar-refractivity contribution is -0.118. The fourth-order valence-corrected chi connectivity index (χ4v) is 4.45. The number of rotatable bonds is 7. The lowest BCUT2D eigenvalue weighted by Crippen LogP contribution is -2.31. The van der Waals surface area contributed by atoms with Gasteiger partial charge in [-0.2, -0.15) is 0 Å². The van der Waals surface area contributed by atoms with Crippen LogP contribution < -0.4 is 10.9 Å². The third-order valence-corrected chi connectivity index (χ3v) is 5.92. The SMILES string of the molecule is COCCNC(=O)CSc1nc2cc(Cl)ccc2c(=O)n1C1CCCCC1. The van der Waals surface area contributed by atoms with E-state index in [2.05, 4.69) is 10.3 Å². The number of carbonyl (C=O) groups is 1. The van der Waals surface area contributed by atoms with Gasteiger partial charge in [-0.15, -0.1) is 0 Å². The number of nitrogens with one attached hydrogen (secondary N) is 1. The van der Waals surface area contributed by atoms with Crippen molar-refractivity contribution in [3.63, 3.8) is 0 Å². The number of methoxy groups -OCH3 is 1. The first-order valence-electron chi connectivity index (χ1n) is 9.20. The summed E-state index contributed by atoms with van der Waals surface area (Å²) in [7, 11) is 1.59. The van der Waals surface area contributed by atoms with Crippen LogP contribution in [-0.2, 0) is 9.53 Å². The lowest BCUT2D eigenvalue weighted by Gasteiger charge is -2.26. The van der Waals surface area contributed by atoms with Gasteiger partial charge in [0.1, 0.15) is 0 Å². The Kier molecular flexibility index (Phi) is 7.15. The molecule has 1 saturated carbocycles. The molecule has 0 atom stereocenters. The number of aromatic nitrogens is 2. The smallest absolute Gasteiger partial charge is 0.262 e. The molecule has 1 amide bonds. The van der Waals surface area contributed by atoms with Crippen molar-refractivity contribution >= 4 is 40.2 Å².